The number of nitrogens with one attached hydrogen (secondary N) is 1. The molecule has 6 rings (SSSR count). The molecule has 0 saturated carbocycles. The standard InChI is InChI=1S/C9H6ClN5.C9H7N5O.CH4/c1-5-12-8-6-3-2-4-11-7(6)13-9(10)15(8)14-5;1-5-11-8-6-3-2-4-10-7(6)12-9(15)14(8)13-5;/h2-4H,1H3;2-4H,1H3,(H,10,12,15);1H4. The molecule has 6 heterocycles. The Labute approximate surface area is 179 Å². The first-order valence-electron chi connectivity index (χ1n) is 8.85. The van der Waals surface area contributed by atoms with Gasteiger partial charge >= 0.3 is 5.69 Å². The molecule has 0 aromatic carbocycles. The summed E-state index contributed by atoms with van der Waals surface area (Å²) >= 11 is 5.96. The van der Waals surface area contributed by atoms with E-state index in [2.05, 4.69) is 40.1 Å². The number of H-pyrrole nitrogens is 1. The van der Waals surface area contributed by atoms with Crippen molar-refractivity contribution in [1.82, 2.24) is 49.1 Å². The summed E-state index contributed by atoms with van der Waals surface area (Å²) in [6, 6.07) is 7.38. The lowest BCUT2D eigenvalue weighted by Crippen LogP contribution is -2.17. The molecule has 0 radical (unpaired) electrons. The highest BCUT2D eigenvalue weighted by atomic mass is 35.5. The van der Waals surface area contributed by atoms with Gasteiger partial charge in [-0.2, -0.15) is 14.0 Å². The van der Waals surface area contributed by atoms with Crippen LogP contribution in [0, 0.1) is 13.8 Å². The number of fused-ring (bicyclic) bond motifs is 6. The van der Waals surface area contributed by atoms with Crippen molar-refractivity contribution in [3.05, 3.63) is 64.1 Å². The number of halogens is 1. The Morgan fingerprint density at radius 2 is 1.48 bits per heavy atom. The highest BCUT2D eigenvalue weighted by Crippen LogP contribution is 2.18. The lowest BCUT2D eigenvalue weighted by Gasteiger charge is -1.98. The summed E-state index contributed by atoms with van der Waals surface area (Å²) in [5.74, 6) is 1.23. The summed E-state index contributed by atoms with van der Waals surface area (Å²) < 4.78 is 2.76. The van der Waals surface area contributed by atoms with Crippen molar-refractivity contribution in [1.29, 1.82) is 0 Å². The van der Waals surface area contributed by atoms with E-state index in [-0.39, 0.29) is 18.4 Å². The molecule has 31 heavy (non-hydrogen) atoms. The number of pyridine rings is 2. The fourth-order valence-electron chi connectivity index (χ4n) is 3.08. The van der Waals surface area contributed by atoms with E-state index in [1.165, 1.54) is 9.03 Å². The zero-order chi connectivity index (χ0) is 20.8. The molecule has 0 saturated heterocycles. The van der Waals surface area contributed by atoms with E-state index < -0.39 is 0 Å². The summed E-state index contributed by atoms with van der Waals surface area (Å²) in [4.78, 5) is 35.0. The van der Waals surface area contributed by atoms with Gasteiger partial charge in [-0.25, -0.2) is 24.7 Å². The van der Waals surface area contributed by atoms with Crippen LogP contribution in [0.5, 0.6) is 0 Å². The number of rotatable bonds is 0. The largest absolute Gasteiger partial charge is 0.349 e. The molecule has 0 aliphatic heterocycles. The van der Waals surface area contributed by atoms with E-state index in [9.17, 15) is 4.79 Å². The van der Waals surface area contributed by atoms with Gasteiger partial charge in [0.25, 0.3) is 0 Å². The molecule has 0 spiro atoms. The van der Waals surface area contributed by atoms with E-state index >= 15 is 0 Å². The van der Waals surface area contributed by atoms with Gasteiger partial charge in [0.1, 0.15) is 17.3 Å². The molecular weight excluding hydrogens is 420 g/mol. The quantitative estimate of drug-likeness (QED) is 0.359. The molecule has 0 aliphatic rings. The van der Waals surface area contributed by atoms with Gasteiger partial charge in [0.05, 0.1) is 10.8 Å². The van der Waals surface area contributed by atoms with Crippen LogP contribution in [0.4, 0.5) is 0 Å². The van der Waals surface area contributed by atoms with Gasteiger partial charge in [0.2, 0.25) is 5.28 Å². The second kappa shape index (κ2) is 7.69. The van der Waals surface area contributed by atoms with Crippen molar-refractivity contribution < 1.29 is 0 Å². The fraction of sp³-hybridized carbons (Fsp3) is 0.158. The minimum atomic E-state index is -0.322. The Bertz CT molecular complexity index is 1620. The summed E-state index contributed by atoms with van der Waals surface area (Å²) in [6.07, 6.45) is 3.30. The lowest BCUT2D eigenvalue weighted by molar-refractivity contribution is 0.860. The molecule has 0 aliphatic carbocycles. The normalized spacial score (nSPS) is 10.9. The molecule has 0 bridgehead atoms. The SMILES string of the molecule is C.Cc1nc2c3cccnc3[nH]c(=O)n2n1.Cc1nc2c3cccnc3nc(Cl)n2n1. The van der Waals surface area contributed by atoms with E-state index in [1.807, 2.05) is 25.1 Å². The maximum atomic E-state index is 11.6. The van der Waals surface area contributed by atoms with Gasteiger partial charge < -0.3 is 0 Å². The van der Waals surface area contributed by atoms with Crippen LogP contribution < -0.4 is 5.69 Å². The molecule has 1 N–H and O–H groups in total. The van der Waals surface area contributed by atoms with Crippen LogP contribution in [0.1, 0.15) is 19.1 Å². The maximum absolute atomic E-state index is 11.6. The molecule has 0 unspecified atom stereocenters. The van der Waals surface area contributed by atoms with Crippen LogP contribution in [0.25, 0.3) is 33.4 Å². The number of aryl methyl sites for hydroxylation is 2. The fourth-order valence-corrected chi connectivity index (χ4v) is 3.28. The third-order valence-corrected chi connectivity index (χ3v) is 4.54. The molecule has 6 aromatic heterocycles. The van der Waals surface area contributed by atoms with Crippen molar-refractivity contribution in [2.45, 2.75) is 21.3 Å². The van der Waals surface area contributed by atoms with Gasteiger partial charge in [0.15, 0.2) is 16.9 Å². The average molecular weight is 437 g/mol. The van der Waals surface area contributed by atoms with Crippen LogP contribution in [0.2, 0.25) is 5.28 Å². The second-order valence-corrected chi connectivity index (χ2v) is 6.71. The van der Waals surface area contributed by atoms with Crippen LogP contribution in [0.3, 0.4) is 0 Å². The van der Waals surface area contributed by atoms with Crippen molar-refractivity contribution in [2.75, 3.05) is 0 Å². The number of nitrogens with zero attached hydrogens (tertiary/aromatic N) is 9. The molecule has 11 nitrogen and oxygen atoms in total. The van der Waals surface area contributed by atoms with Crippen molar-refractivity contribution in [3.8, 4) is 0 Å². The molecule has 12 heteroatoms. The number of aromatic nitrogens is 10. The summed E-state index contributed by atoms with van der Waals surface area (Å²) in [5.41, 5.74) is 2.02. The van der Waals surface area contributed by atoms with Gasteiger partial charge in [-0.15, -0.1) is 10.2 Å². The van der Waals surface area contributed by atoms with Crippen molar-refractivity contribution in [2.24, 2.45) is 0 Å². The Morgan fingerprint density at radius 3 is 2.23 bits per heavy atom. The van der Waals surface area contributed by atoms with E-state index in [0.717, 1.165) is 10.8 Å². The first-order valence-corrected chi connectivity index (χ1v) is 9.23. The summed E-state index contributed by atoms with van der Waals surface area (Å²) in [6.45, 7) is 3.56. The molecule has 0 amide bonds. The second-order valence-electron chi connectivity index (χ2n) is 6.37. The lowest BCUT2D eigenvalue weighted by atomic mass is 10.3. The predicted octanol–water partition coefficient (Wildman–Crippen LogP) is 2.54. The van der Waals surface area contributed by atoms with Gasteiger partial charge in [-0.05, 0) is 49.7 Å². The Balaban J connectivity index is 0.000000144. The summed E-state index contributed by atoms with van der Waals surface area (Å²) in [5, 5.41) is 10.1. The minimum Gasteiger partial charge on any atom is -0.290 e. The van der Waals surface area contributed by atoms with Gasteiger partial charge in [-0.1, -0.05) is 7.43 Å². The Hall–Kier alpha value is -3.99. The van der Waals surface area contributed by atoms with Crippen molar-refractivity contribution in [3.63, 3.8) is 0 Å². The topological polar surface area (TPSA) is 132 Å². The van der Waals surface area contributed by atoms with E-state index in [0.29, 0.717) is 34.2 Å². The minimum absolute atomic E-state index is 0. The van der Waals surface area contributed by atoms with Crippen LogP contribution in [-0.4, -0.2) is 49.1 Å². The highest BCUT2D eigenvalue weighted by Gasteiger charge is 2.10. The van der Waals surface area contributed by atoms with Crippen LogP contribution in [-0.2, 0) is 0 Å². The average Bonchev–Trinajstić information content (AvgIpc) is 3.32. The third-order valence-electron chi connectivity index (χ3n) is 4.29. The predicted molar refractivity (Wildman–Crippen MR) is 116 cm³/mol. The van der Waals surface area contributed by atoms with E-state index in [4.69, 9.17) is 11.6 Å². The molecule has 0 fully saturated rings. The highest BCUT2D eigenvalue weighted by molar-refractivity contribution is 6.29. The molecular formula is C19H17ClN10O. The smallest absolute Gasteiger partial charge is 0.290 e. The number of hydrogen-bond acceptors (Lipinski definition) is 8. The molecule has 6 aromatic rings. The van der Waals surface area contributed by atoms with Crippen LogP contribution >= 0.6 is 11.6 Å². The zero-order valence-corrected chi connectivity index (χ0v) is 16.5. The van der Waals surface area contributed by atoms with Crippen molar-refractivity contribution >= 4 is 45.0 Å². The maximum Gasteiger partial charge on any atom is 0.349 e. The first kappa shape index (κ1) is 20.3. The van der Waals surface area contributed by atoms with Gasteiger partial charge in [0, 0.05) is 12.4 Å². The molecule has 0 atom stereocenters. The first-order chi connectivity index (χ1) is 14.5. The van der Waals surface area contributed by atoms with Gasteiger partial charge in [-0.3, -0.25) is 4.98 Å². The molecule has 156 valence electrons. The van der Waals surface area contributed by atoms with E-state index in [1.54, 1.807) is 25.4 Å². The Kier molecular flexibility index (Phi) is 5.03. The monoisotopic (exact) mass is 436 g/mol. The summed E-state index contributed by atoms with van der Waals surface area (Å²) in [7, 11) is 0. The van der Waals surface area contributed by atoms with Crippen LogP contribution in [0.15, 0.2) is 41.5 Å². The zero-order valence-electron chi connectivity index (χ0n) is 15.8. The number of aromatic amines is 1. The third kappa shape index (κ3) is 3.44. The Morgan fingerprint density at radius 1 is 0.871 bits per heavy atom. The number of hydrogen-bond donors (Lipinski definition) is 1.